The van der Waals surface area contributed by atoms with Crippen molar-refractivity contribution >= 4 is 5.91 Å². The highest BCUT2D eigenvalue weighted by atomic mass is 19.1. The number of hydrogen-bond acceptors (Lipinski definition) is 2. The van der Waals surface area contributed by atoms with E-state index < -0.39 is 17.0 Å². The zero-order valence-electron chi connectivity index (χ0n) is 15.5. The monoisotopic (exact) mass is 389 g/mol. The summed E-state index contributed by atoms with van der Waals surface area (Å²) in [5.41, 5.74) is 0.120. The molecule has 0 aromatic heterocycles. The summed E-state index contributed by atoms with van der Waals surface area (Å²) in [5, 5.41) is 0. The molecular weight excluding hydrogens is 367 g/mol. The van der Waals surface area contributed by atoms with Crippen LogP contribution in [0.15, 0.2) is 42.5 Å². The Bertz CT molecular complexity index is 874. The van der Waals surface area contributed by atoms with E-state index in [4.69, 9.17) is 4.74 Å². The number of carbonyl (C=O) groups is 1. The van der Waals surface area contributed by atoms with Gasteiger partial charge in [0.1, 0.15) is 17.7 Å². The van der Waals surface area contributed by atoms with Crippen molar-refractivity contribution in [2.75, 3.05) is 13.1 Å². The Labute approximate surface area is 162 Å². The molecule has 2 aromatic rings. The van der Waals surface area contributed by atoms with Gasteiger partial charge in [-0.3, -0.25) is 4.79 Å². The number of hydrogen-bond donors (Lipinski definition) is 0. The van der Waals surface area contributed by atoms with Crippen molar-refractivity contribution in [1.29, 1.82) is 0 Å². The summed E-state index contributed by atoms with van der Waals surface area (Å²) in [6, 6.07) is 9.57. The second-order valence-electron chi connectivity index (χ2n) is 7.63. The van der Waals surface area contributed by atoms with Gasteiger partial charge in [-0.1, -0.05) is 18.6 Å². The summed E-state index contributed by atoms with van der Waals surface area (Å²) in [6.07, 6.45) is 3.32. The van der Waals surface area contributed by atoms with Crippen LogP contribution in [-0.4, -0.2) is 30.0 Å². The number of benzene rings is 2. The number of carbonyl (C=O) groups excluding carboxylic acids is 1. The lowest BCUT2D eigenvalue weighted by molar-refractivity contribution is -0.142. The lowest BCUT2D eigenvalue weighted by Gasteiger charge is -2.45. The number of likely N-dealkylation sites (tertiary alicyclic amines) is 1. The van der Waals surface area contributed by atoms with Crippen molar-refractivity contribution in [2.24, 2.45) is 0 Å². The van der Waals surface area contributed by atoms with E-state index in [1.165, 1.54) is 18.2 Å². The maximum atomic E-state index is 13.8. The molecule has 1 aliphatic carbocycles. The van der Waals surface area contributed by atoms with E-state index in [-0.39, 0.29) is 23.6 Å². The van der Waals surface area contributed by atoms with Crippen LogP contribution in [0, 0.1) is 17.5 Å². The Morgan fingerprint density at radius 3 is 2.32 bits per heavy atom. The molecule has 1 amide bonds. The Morgan fingerprint density at radius 2 is 1.71 bits per heavy atom. The summed E-state index contributed by atoms with van der Waals surface area (Å²) in [6.45, 7) is 1.01. The molecule has 0 spiro atoms. The number of halogens is 3. The average molecular weight is 389 g/mol. The van der Waals surface area contributed by atoms with E-state index in [1.807, 2.05) is 11.0 Å². The van der Waals surface area contributed by atoms with E-state index in [0.29, 0.717) is 25.9 Å². The van der Waals surface area contributed by atoms with Gasteiger partial charge in [0, 0.05) is 32.0 Å². The predicted molar refractivity (Wildman–Crippen MR) is 98.5 cm³/mol. The molecule has 3 nitrogen and oxygen atoms in total. The van der Waals surface area contributed by atoms with Crippen molar-refractivity contribution in [3.05, 3.63) is 65.5 Å². The third kappa shape index (κ3) is 3.48. The normalized spacial score (nSPS) is 19.2. The van der Waals surface area contributed by atoms with Crippen LogP contribution >= 0.6 is 0 Å². The van der Waals surface area contributed by atoms with Gasteiger partial charge in [0.15, 0.2) is 11.6 Å². The van der Waals surface area contributed by atoms with Crippen molar-refractivity contribution in [3.8, 4) is 5.75 Å². The fourth-order valence-corrected chi connectivity index (χ4v) is 4.17. The molecule has 1 heterocycles. The third-order valence-corrected chi connectivity index (χ3v) is 5.91. The minimum absolute atomic E-state index is 0.0291. The highest BCUT2D eigenvalue weighted by molar-refractivity contribution is 5.89. The van der Waals surface area contributed by atoms with Crippen LogP contribution in [0.4, 0.5) is 13.2 Å². The number of rotatable bonds is 4. The van der Waals surface area contributed by atoms with Gasteiger partial charge < -0.3 is 9.64 Å². The van der Waals surface area contributed by atoms with Gasteiger partial charge in [0.05, 0.1) is 5.41 Å². The quantitative estimate of drug-likeness (QED) is 0.765. The maximum absolute atomic E-state index is 13.8. The van der Waals surface area contributed by atoms with Crippen LogP contribution in [0.2, 0.25) is 0 Å². The fraction of sp³-hybridized carbons (Fsp3) is 0.409. The fourth-order valence-electron chi connectivity index (χ4n) is 4.17. The highest BCUT2D eigenvalue weighted by Gasteiger charge is 2.48. The second kappa shape index (κ2) is 7.49. The first kappa shape index (κ1) is 18.8. The maximum Gasteiger partial charge on any atom is 0.233 e. The van der Waals surface area contributed by atoms with Gasteiger partial charge in [0.25, 0.3) is 0 Å². The SMILES string of the molecule is O=C(N1CCC(Oc2ccc(F)cc2F)CC1)C1(c2cccc(F)c2)CCC1. The van der Waals surface area contributed by atoms with Gasteiger partial charge in [0.2, 0.25) is 5.91 Å². The zero-order chi connectivity index (χ0) is 19.7. The summed E-state index contributed by atoms with van der Waals surface area (Å²) in [5.74, 6) is -1.63. The molecule has 28 heavy (non-hydrogen) atoms. The summed E-state index contributed by atoms with van der Waals surface area (Å²) >= 11 is 0. The summed E-state index contributed by atoms with van der Waals surface area (Å²) in [7, 11) is 0. The molecule has 1 aliphatic heterocycles. The van der Waals surface area contributed by atoms with Gasteiger partial charge in [-0.05, 0) is 42.7 Å². The molecule has 1 saturated heterocycles. The lowest BCUT2D eigenvalue weighted by Crippen LogP contribution is -2.53. The van der Waals surface area contributed by atoms with Gasteiger partial charge in [-0.2, -0.15) is 0 Å². The van der Waals surface area contributed by atoms with Crippen LogP contribution in [0.5, 0.6) is 5.75 Å². The van der Waals surface area contributed by atoms with E-state index in [1.54, 1.807) is 6.07 Å². The van der Waals surface area contributed by atoms with Gasteiger partial charge in [-0.15, -0.1) is 0 Å². The predicted octanol–water partition coefficient (Wildman–Crippen LogP) is 4.60. The number of ether oxygens (including phenoxy) is 1. The Hall–Kier alpha value is -2.50. The van der Waals surface area contributed by atoms with E-state index in [9.17, 15) is 18.0 Å². The first-order chi connectivity index (χ1) is 13.5. The molecule has 148 valence electrons. The van der Waals surface area contributed by atoms with E-state index in [0.717, 1.165) is 37.0 Å². The van der Waals surface area contributed by atoms with Crippen LogP contribution < -0.4 is 4.74 Å². The summed E-state index contributed by atoms with van der Waals surface area (Å²) in [4.78, 5) is 15.0. The zero-order valence-corrected chi connectivity index (χ0v) is 15.5. The number of piperidine rings is 1. The largest absolute Gasteiger partial charge is 0.487 e. The van der Waals surface area contributed by atoms with Crippen molar-refractivity contribution in [3.63, 3.8) is 0 Å². The topological polar surface area (TPSA) is 29.5 Å². The Kier molecular flexibility index (Phi) is 5.04. The lowest BCUT2D eigenvalue weighted by atomic mass is 9.63. The third-order valence-electron chi connectivity index (χ3n) is 5.91. The molecule has 0 N–H and O–H groups in total. The molecular formula is C22H22F3NO2. The van der Waals surface area contributed by atoms with Crippen molar-refractivity contribution in [1.82, 2.24) is 4.90 Å². The second-order valence-corrected chi connectivity index (χ2v) is 7.63. The smallest absolute Gasteiger partial charge is 0.233 e. The molecule has 0 unspecified atom stereocenters. The van der Waals surface area contributed by atoms with E-state index in [2.05, 4.69) is 0 Å². The molecule has 1 saturated carbocycles. The van der Waals surface area contributed by atoms with Crippen LogP contribution in [0.25, 0.3) is 0 Å². The molecule has 4 rings (SSSR count). The summed E-state index contributed by atoms with van der Waals surface area (Å²) < 4.78 is 46.1. The first-order valence-electron chi connectivity index (χ1n) is 9.65. The molecule has 0 atom stereocenters. The van der Waals surface area contributed by atoms with Crippen LogP contribution in [-0.2, 0) is 10.2 Å². The van der Waals surface area contributed by atoms with Gasteiger partial charge in [-0.25, -0.2) is 13.2 Å². The number of amides is 1. The van der Waals surface area contributed by atoms with Crippen LogP contribution in [0.3, 0.4) is 0 Å². The van der Waals surface area contributed by atoms with E-state index >= 15 is 0 Å². The molecule has 2 aromatic carbocycles. The van der Waals surface area contributed by atoms with Crippen LogP contribution in [0.1, 0.15) is 37.7 Å². The minimum atomic E-state index is -0.724. The first-order valence-corrected chi connectivity index (χ1v) is 9.65. The molecule has 0 bridgehead atoms. The molecule has 6 heteroatoms. The minimum Gasteiger partial charge on any atom is -0.487 e. The molecule has 2 aliphatic rings. The number of nitrogens with zero attached hydrogens (tertiary/aromatic N) is 1. The molecule has 0 radical (unpaired) electrons. The van der Waals surface area contributed by atoms with Crippen molar-refractivity contribution < 1.29 is 22.7 Å². The molecule has 2 fully saturated rings. The van der Waals surface area contributed by atoms with Crippen molar-refractivity contribution in [2.45, 2.75) is 43.6 Å². The standard InChI is InChI=1S/C22H22F3NO2/c23-16-4-1-3-15(13-16)22(9-2-10-22)21(27)26-11-7-18(8-12-26)28-20-6-5-17(24)14-19(20)25/h1,3-6,13-14,18H,2,7-12H2. The Morgan fingerprint density at radius 1 is 1.00 bits per heavy atom. The highest BCUT2D eigenvalue weighted by Crippen LogP contribution is 2.45. The average Bonchev–Trinajstić information content (AvgIpc) is 2.64. The van der Waals surface area contributed by atoms with Gasteiger partial charge >= 0.3 is 0 Å². The Balaban J connectivity index is 1.41.